The molecule has 3 rings (SSSR count). The van der Waals surface area contributed by atoms with Crippen molar-refractivity contribution < 1.29 is 59.9 Å². The van der Waals surface area contributed by atoms with Crippen LogP contribution in [0.2, 0.25) is 0 Å². The number of aromatic hydroxyl groups is 1. The van der Waals surface area contributed by atoms with Crippen LogP contribution in [0, 0.1) is 0 Å². The summed E-state index contributed by atoms with van der Waals surface area (Å²) in [6, 6.07) is 10.5. The van der Waals surface area contributed by atoms with E-state index in [2.05, 4.69) is 34.3 Å². The highest BCUT2D eigenvalue weighted by atomic mass is 32.2. The van der Waals surface area contributed by atoms with E-state index in [1.807, 2.05) is 0 Å². The minimum Gasteiger partial charge on any atom is -0.507 e. The summed E-state index contributed by atoms with van der Waals surface area (Å²) in [5, 5.41) is 45.1. The Morgan fingerprint density at radius 2 is 1.69 bits per heavy atom. The molecule has 0 saturated heterocycles. The maximum Gasteiger partial charge on any atom is 0.294 e. The van der Waals surface area contributed by atoms with Crippen LogP contribution in [0.15, 0.2) is 68.6 Å². The van der Waals surface area contributed by atoms with E-state index < -0.39 is 36.4 Å². The topological polar surface area (TPSA) is 232 Å². The number of phenolic OH excluding ortho intramolecular Hbond substituents is 1. The number of fused-ring (bicyclic) bond motifs is 1. The Morgan fingerprint density at radius 1 is 0.949 bits per heavy atom. The van der Waals surface area contributed by atoms with Crippen LogP contribution in [-0.2, 0) is 42.9 Å². The monoisotopic (exact) mass is 625 g/mol. The molecule has 212 valence electrons. The summed E-state index contributed by atoms with van der Waals surface area (Å²) in [6.45, 7) is -0.333. The van der Waals surface area contributed by atoms with Crippen LogP contribution in [0.25, 0.3) is 10.8 Å². The summed E-state index contributed by atoms with van der Waals surface area (Å²) in [5.74, 6) is -1.07. The van der Waals surface area contributed by atoms with Gasteiger partial charge in [-0.3, -0.25) is 8.74 Å². The van der Waals surface area contributed by atoms with Crippen molar-refractivity contribution >= 4 is 72.2 Å². The first-order valence-electron chi connectivity index (χ1n) is 10.2. The number of phenols is 1. The lowest BCUT2D eigenvalue weighted by Gasteiger charge is -2.13. The van der Waals surface area contributed by atoms with Gasteiger partial charge in [0.05, 0.1) is 51.1 Å². The van der Waals surface area contributed by atoms with Crippen molar-refractivity contribution in [2.75, 3.05) is 23.6 Å². The summed E-state index contributed by atoms with van der Waals surface area (Å²) in [5.41, 5.74) is 0.154. The minimum atomic E-state index is -4.64. The summed E-state index contributed by atoms with van der Waals surface area (Å²) < 4.78 is 71.5. The van der Waals surface area contributed by atoms with Gasteiger partial charge in [-0.2, -0.15) is 8.42 Å². The van der Waals surface area contributed by atoms with Crippen molar-refractivity contribution in [3.8, 4) is 5.75 Å². The average molecular weight is 626 g/mol. The number of benzene rings is 3. The van der Waals surface area contributed by atoms with E-state index in [9.17, 15) is 26.5 Å². The van der Waals surface area contributed by atoms with E-state index in [4.69, 9.17) is 14.7 Å². The van der Waals surface area contributed by atoms with E-state index in [-0.39, 0.29) is 57.5 Å². The largest absolute Gasteiger partial charge is 0.507 e. The molecule has 0 fully saturated rings. The van der Waals surface area contributed by atoms with Crippen molar-refractivity contribution in [3.05, 3.63) is 48.5 Å². The number of rotatable bonds is 15. The fourth-order valence-corrected chi connectivity index (χ4v) is 5.57. The molecule has 20 heteroatoms. The number of azo groups is 1. The van der Waals surface area contributed by atoms with Crippen LogP contribution in [0.1, 0.15) is 0 Å². The van der Waals surface area contributed by atoms with E-state index in [0.29, 0.717) is 12.0 Å². The van der Waals surface area contributed by atoms with E-state index in [1.54, 1.807) is 0 Å². The highest BCUT2D eigenvalue weighted by Crippen LogP contribution is 2.42. The summed E-state index contributed by atoms with van der Waals surface area (Å²) >= 11 is 0.873. The molecule has 39 heavy (non-hydrogen) atoms. The lowest BCUT2D eigenvalue weighted by atomic mass is 10.1. The van der Waals surface area contributed by atoms with Crippen LogP contribution in [0.5, 0.6) is 5.75 Å². The highest BCUT2D eigenvalue weighted by Gasteiger charge is 2.20. The summed E-state index contributed by atoms with van der Waals surface area (Å²) in [4.78, 5) is -0.758. The third kappa shape index (κ3) is 8.44. The predicted molar refractivity (Wildman–Crippen MR) is 137 cm³/mol. The van der Waals surface area contributed by atoms with Gasteiger partial charge in [-0.15, -0.1) is 18.9 Å². The molecular formula is C19H19N3O13S4. The van der Waals surface area contributed by atoms with Crippen molar-refractivity contribution in [1.29, 1.82) is 0 Å². The number of sulfone groups is 1. The normalized spacial score (nSPS) is 12.4. The number of nitrogens with zero attached hydrogens (tertiary/aromatic N) is 2. The molecule has 0 atom stereocenters. The highest BCUT2D eigenvalue weighted by molar-refractivity contribution is 7.94. The van der Waals surface area contributed by atoms with Crippen LogP contribution in [0.4, 0.5) is 17.1 Å². The van der Waals surface area contributed by atoms with Gasteiger partial charge >= 0.3 is 0 Å². The van der Waals surface area contributed by atoms with E-state index in [1.165, 1.54) is 36.4 Å². The second kappa shape index (κ2) is 14.2. The Balaban J connectivity index is 2.04. The third-order valence-corrected chi connectivity index (χ3v) is 8.09. The van der Waals surface area contributed by atoms with Gasteiger partial charge in [0.25, 0.3) is 10.1 Å². The Morgan fingerprint density at radius 3 is 2.41 bits per heavy atom. The van der Waals surface area contributed by atoms with Crippen molar-refractivity contribution in [2.24, 2.45) is 10.2 Å². The van der Waals surface area contributed by atoms with Crippen molar-refractivity contribution in [2.45, 2.75) is 9.79 Å². The molecule has 0 aliphatic heterocycles. The lowest BCUT2D eigenvalue weighted by molar-refractivity contribution is -0.434. The van der Waals surface area contributed by atoms with Gasteiger partial charge in [-0.05, 0) is 29.7 Å². The second-order valence-electron chi connectivity index (χ2n) is 7.08. The van der Waals surface area contributed by atoms with Gasteiger partial charge < -0.3 is 10.4 Å². The third-order valence-electron chi connectivity index (χ3n) is 4.74. The Bertz CT molecular complexity index is 1540. The molecule has 0 amide bonds. The first-order chi connectivity index (χ1) is 18.6. The SMILES string of the molecule is O=S(=O)(O)c1cc(O)c2c(N=Nc3ccccc3S(=O)(=O)CCOSOOO)c(NCSOOO)ccc2c1. The molecule has 0 aromatic heterocycles. The summed E-state index contributed by atoms with van der Waals surface area (Å²) in [7, 11) is -8.60. The minimum absolute atomic E-state index is 0.00748. The Labute approximate surface area is 229 Å². The predicted octanol–water partition coefficient (Wildman–Crippen LogP) is 4.42. The Hall–Kier alpha value is -2.60. The zero-order chi connectivity index (χ0) is 28.5. The van der Waals surface area contributed by atoms with E-state index in [0.717, 1.165) is 12.1 Å². The van der Waals surface area contributed by atoms with Crippen molar-refractivity contribution in [3.63, 3.8) is 0 Å². The average Bonchev–Trinajstić information content (AvgIpc) is 2.89. The number of hydrogen-bond donors (Lipinski definition) is 5. The van der Waals surface area contributed by atoms with Gasteiger partial charge in [-0.1, -0.05) is 28.3 Å². The van der Waals surface area contributed by atoms with Crippen LogP contribution < -0.4 is 5.32 Å². The fourth-order valence-electron chi connectivity index (χ4n) is 3.17. The molecule has 3 aromatic rings. The molecule has 0 bridgehead atoms. The maximum atomic E-state index is 12.9. The standard InChI is InChI=1S/C19H19N3O13S4/c23-16-10-13(39(28,29)30)9-12-5-6-15(20-11-36-34-32-24)19(18(12)16)22-21-14-3-1-2-4-17(14)38(26,27)8-7-31-37-35-33-25/h1-6,9-10,20,23-25H,7-8,11H2,(H,28,29,30). The zero-order valence-electron chi connectivity index (χ0n) is 19.2. The quantitative estimate of drug-likeness (QED) is 0.0299. The molecular weight excluding hydrogens is 606 g/mol. The molecule has 3 aromatic carbocycles. The second-order valence-corrected chi connectivity index (χ2v) is 11.7. The van der Waals surface area contributed by atoms with Gasteiger partial charge in [0.1, 0.15) is 17.1 Å². The Kier molecular flexibility index (Phi) is 11.2. The first kappa shape index (κ1) is 30.9. The van der Waals surface area contributed by atoms with Crippen LogP contribution >= 0.6 is 24.4 Å². The zero-order valence-corrected chi connectivity index (χ0v) is 22.5. The van der Waals surface area contributed by atoms with Gasteiger partial charge in [-0.25, -0.2) is 18.9 Å². The van der Waals surface area contributed by atoms with Gasteiger partial charge in [0.15, 0.2) is 22.2 Å². The molecule has 5 N–H and O–H groups in total. The molecule has 0 radical (unpaired) electrons. The van der Waals surface area contributed by atoms with E-state index >= 15 is 0 Å². The van der Waals surface area contributed by atoms with Gasteiger partial charge in [0, 0.05) is 6.07 Å². The number of hydrogen-bond acceptors (Lipinski definition) is 17. The van der Waals surface area contributed by atoms with Crippen molar-refractivity contribution in [1.82, 2.24) is 0 Å². The number of nitrogens with one attached hydrogen (secondary N) is 1. The fraction of sp³-hybridized carbons (Fsp3) is 0.158. The van der Waals surface area contributed by atoms with Crippen LogP contribution in [0.3, 0.4) is 0 Å². The van der Waals surface area contributed by atoms with Gasteiger partial charge in [0.2, 0.25) is 0 Å². The summed E-state index contributed by atoms with van der Waals surface area (Å²) in [6.07, 6.45) is 0. The molecule has 0 unspecified atom stereocenters. The van der Waals surface area contributed by atoms with Crippen LogP contribution in [-0.4, -0.2) is 55.2 Å². The lowest BCUT2D eigenvalue weighted by Crippen LogP contribution is -2.11. The molecule has 0 spiro atoms. The molecule has 0 heterocycles. The first-order valence-corrected chi connectivity index (χ1v) is 14.9. The smallest absolute Gasteiger partial charge is 0.294 e. The molecule has 0 aliphatic rings. The molecule has 0 aliphatic carbocycles. The molecule has 16 nitrogen and oxygen atoms in total. The number of anilines is 1. The maximum absolute atomic E-state index is 12.9. The molecule has 0 saturated carbocycles.